The minimum Gasteiger partial charge on any atom is -0.324 e. The molecule has 0 spiro atoms. The average Bonchev–Trinajstić information content (AvgIpc) is 2.62. The number of fused-ring (bicyclic) bond motifs is 1. The molecule has 0 saturated carbocycles. The maximum absolute atomic E-state index is 12.5. The first-order valence-electron chi connectivity index (χ1n) is 8.22. The fourth-order valence-corrected chi connectivity index (χ4v) is 2.56. The van der Waals surface area contributed by atoms with E-state index >= 15 is 0 Å². The highest BCUT2D eigenvalue weighted by molar-refractivity contribution is 5.93. The molecule has 1 atom stereocenters. The van der Waals surface area contributed by atoms with Crippen molar-refractivity contribution in [2.75, 3.05) is 5.32 Å². The van der Waals surface area contributed by atoms with Gasteiger partial charge < -0.3 is 5.32 Å². The number of hydrogen-bond acceptors (Lipinski definition) is 4. The SMILES string of the molecule is CC(C)c1ccc(NC(=O)C(C)n2nnc3ccccc3c2=O)cc1. The van der Waals surface area contributed by atoms with Gasteiger partial charge in [-0.3, -0.25) is 9.59 Å². The van der Waals surface area contributed by atoms with Crippen LogP contribution < -0.4 is 10.9 Å². The maximum atomic E-state index is 12.5. The number of carbonyl (C=O) groups is 1. The first-order chi connectivity index (χ1) is 12.0. The lowest BCUT2D eigenvalue weighted by Crippen LogP contribution is -2.34. The monoisotopic (exact) mass is 336 g/mol. The lowest BCUT2D eigenvalue weighted by atomic mass is 10.0. The fraction of sp³-hybridized carbons (Fsp3) is 0.263. The van der Waals surface area contributed by atoms with E-state index in [1.807, 2.05) is 24.3 Å². The third-order valence-corrected chi connectivity index (χ3v) is 4.18. The molecule has 2 aromatic carbocycles. The van der Waals surface area contributed by atoms with E-state index in [0.717, 1.165) is 4.68 Å². The zero-order valence-electron chi connectivity index (χ0n) is 14.4. The van der Waals surface area contributed by atoms with Crippen LogP contribution in [0.25, 0.3) is 10.9 Å². The topological polar surface area (TPSA) is 76.9 Å². The molecule has 0 radical (unpaired) electrons. The molecule has 6 nitrogen and oxygen atoms in total. The Hall–Kier alpha value is -3.02. The van der Waals surface area contributed by atoms with Crippen molar-refractivity contribution in [3.63, 3.8) is 0 Å². The quantitative estimate of drug-likeness (QED) is 0.794. The third kappa shape index (κ3) is 3.42. The minimum absolute atomic E-state index is 0.316. The molecule has 0 aliphatic heterocycles. The molecule has 0 aliphatic rings. The smallest absolute Gasteiger partial charge is 0.278 e. The molecule has 1 aromatic heterocycles. The van der Waals surface area contributed by atoms with Crippen LogP contribution in [-0.2, 0) is 4.79 Å². The fourth-order valence-electron chi connectivity index (χ4n) is 2.56. The summed E-state index contributed by atoms with van der Waals surface area (Å²) in [7, 11) is 0. The van der Waals surface area contributed by atoms with Crippen LogP contribution in [0.15, 0.2) is 53.3 Å². The van der Waals surface area contributed by atoms with Gasteiger partial charge in [-0.15, -0.1) is 5.10 Å². The van der Waals surface area contributed by atoms with Crippen molar-refractivity contribution in [3.05, 3.63) is 64.4 Å². The van der Waals surface area contributed by atoms with Gasteiger partial charge >= 0.3 is 0 Å². The first kappa shape index (κ1) is 16.8. The van der Waals surface area contributed by atoms with E-state index in [-0.39, 0.29) is 11.5 Å². The molecule has 3 rings (SSSR count). The number of carbonyl (C=O) groups excluding carboxylic acids is 1. The lowest BCUT2D eigenvalue weighted by molar-refractivity contribution is -0.119. The molecule has 25 heavy (non-hydrogen) atoms. The Morgan fingerprint density at radius 3 is 2.40 bits per heavy atom. The Morgan fingerprint density at radius 2 is 1.72 bits per heavy atom. The van der Waals surface area contributed by atoms with Gasteiger partial charge in [0.2, 0.25) is 5.91 Å². The standard InChI is InChI=1S/C19H20N4O2/c1-12(2)14-8-10-15(11-9-14)20-18(24)13(3)23-19(25)16-6-4-5-7-17(16)21-22-23/h4-13H,1-3H3,(H,20,24). The van der Waals surface area contributed by atoms with Crippen LogP contribution in [-0.4, -0.2) is 20.9 Å². The summed E-state index contributed by atoms with van der Waals surface area (Å²) in [5.41, 5.74) is 2.06. The van der Waals surface area contributed by atoms with Crippen LogP contribution in [0.4, 0.5) is 5.69 Å². The Labute approximate surface area is 145 Å². The zero-order valence-corrected chi connectivity index (χ0v) is 14.4. The van der Waals surface area contributed by atoms with E-state index in [2.05, 4.69) is 29.5 Å². The van der Waals surface area contributed by atoms with Gasteiger partial charge in [-0.05, 0) is 42.7 Å². The van der Waals surface area contributed by atoms with Gasteiger partial charge in [0.05, 0.1) is 5.39 Å². The summed E-state index contributed by atoms with van der Waals surface area (Å²) in [4.78, 5) is 25.0. The van der Waals surface area contributed by atoms with Crippen LogP contribution in [0.5, 0.6) is 0 Å². The second kappa shape index (κ2) is 6.84. The van der Waals surface area contributed by atoms with Crippen molar-refractivity contribution < 1.29 is 4.79 Å². The molecule has 0 aliphatic carbocycles. The molecule has 6 heteroatoms. The number of hydrogen-bond donors (Lipinski definition) is 1. The van der Waals surface area contributed by atoms with Crippen LogP contribution >= 0.6 is 0 Å². The summed E-state index contributed by atoms with van der Waals surface area (Å²) >= 11 is 0. The molecule has 1 unspecified atom stereocenters. The highest BCUT2D eigenvalue weighted by Crippen LogP contribution is 2.18. The summed E-state index contributed by atoms with van der Waals surface area (Å²) in [5.74, 6) is 0.110. The normalized spacial score (nSPS) is 12.3. The van der Waals surface area contributed by atoms with Gasteiger partial charge in [0.15, 0.2) is 0 Å². The van der Waals surface area contributed by atoms with Gasteiger partial charge in [0.25, 0.3) is 5.56 Å². The van der Waals surface area contributed by atoms with E-state index in [4.69, 9.17) is 0 Å². The number of nitrogens with zero attached hydrogens (tertiary/aromatic N) is 3. The summed E-state index contributed by atoms with van der Waals surface area (Å²) in [5, 5.41) is 11.2. The summed E-state index contributed by atoms with van der Waals surface area (Å²) in [6.07, 6.45) is 0. The number of aromatic nitrogens is 3. The Bertz CT molecular complexity index is 961. The van der Waals surface area contributed by atoms with Crippen LogP contribution in [0.2, 0.25) is 0 Å². The molecule has 0 fully saturated rings. The molecule has 1 heterocycles. The van der Waals surface area contributed by atoms with Gasteiger partial charge in [0.1, 0.15) is 11.6 Å². The Balaban J connectivity index is 1.83. The lowest BCUT2D eigenvalue weighted by Gasteiger charge is -2.14. The van der Waals surface area contributed by atoms with Gasteiger partial charge in [-0.2, -0.15) is 4.68 Å². The largest absolute Gasteiger partial charge is 0.324 e. The molecular weight excluding hydrogens is 316 g/mol. The molecular formula is C19H20N4O2. The van der Waals surface area contributed by atoms with Gasteiger partial charge in [0, 0.05) is 5.69 Å². The predicted molar refractivity (Wildman–Crippen MR) is 97.7 cm³/mol. The van der Waals surface area contributed by atoms with Crippen molar-refractivity contribution in [2.45, 2.75) is 32.7 Å². The van der Waals surface area contributed by atoms with Gasteiger partial charge in [-0.25, -0.2) is 0 Å². The van der Waals surface area contributed by atoms with E-state index in [1.54, 1.807) is 31.2 Å². The Kier molecular flexibility index (Phi) is 4.61. The van der Waals surface area contributed by atoms with Crippen LogP contribution in [0.1, 0.15) is 38.3 Å². The van der Waals surface area contributed by atoms with Crippen LogP contribution in [0, 0.1) is 0 Å². The molecule has 3 aromatic rings. The second-order valence-corrected chi connectivity index (χ2v) is 6.30. The molecule has 1 N–H and O–H groups in total. The molecule has 0 saturated heterocycles. The highest BCUT2D eigenvalue weighted by atomic mass is 16.2. The van der Waals surface area contributed by atoms with Crippen molar-refractivity contribution in [1.82, 2.24) is 15.0 Å². The molecule has 1 amide bonds. The molecule has 0 bridgehead atoms. The zero-order chi connectivity index (χ0) is 18.0. The predicted octanol–water partition coefficient (Wildman–Crippen LogP) is 3.11. The average molecular weight is 336 g/mol. The summed E-state index contributed by atoms with van der Waals surface area (Å²) in [6, 6.07) is 13.8. The van der Waals surface area contributed by atoms with Crippen molar-refractivity contribution in [3.8, 4) is 0 Å². The summed E-state index contributed by atoms with van der Waals surface area (Å²) < 4.78 is 1.11. The first-order valence-corrected chi connectivity index (χ1v) is 8.22. The Morgan fingerprint density at radius 1 is 1.04 bits per heavy atom. The van der Waals surface area contributed by atoms with Gasteiger partial charge in [-0.1, -0.05) is 43.3 Å². The second-order valence-electron chi connectivity index (χ2n) is 6.30. The maximum Gasteiger partial charge on any atom is 0.278 e. The number of anilines is 1. The van der Waals surface area contributed by atoms with E-state index < -0.39 is 6.04 Å². The molecule has 128 valence electrons. The van der Waals surface area contributed by atoms with Crippen molar-refractivity contribution in [2.24, 2.45) is 0 Å². The number of rotatable bonds is 4. The third-order valence-electron chi connectivity index (χ3n) is 4.18. The number of amides is 1. The van der Waals surface area contributed by atoms with Crippen LogP contribution in [0.3, 0.4) is 0 Å². The van der Waals surface area contributed by atoms with E-state index in [1.165, 1.54) is 5.56 Å². The minimum atomic E-state index is -0.769. The van der Waals surface area contributed by atoms with Crippen molar-refractivity contribution in [1.29, 1.82) is 0 Å². The summed E-state index contributed by atoms with van der Waals surface area (Å²) in [6.45, 7) is 5.85. The van der Waals surface area contributed by atoms with Crippen molar-refractivity contribution >= 4 is 22.5 Å². The number of nitrogens with one attached hydrogen (secondary N) is 1. The highest BCUT2D eigenvalue weighted by Gasteiger charge is 2.19. The van der Waals surface area contributed by atoms with E-state index in [9.17, 15) is 9.59 Å². The van der Waals surface area contributed by atoms with E-state index in [0.29, 0.717) is 22.5 Å². The number of benzene rings is 2.